The molecule has 10 heteroatoms. The lowest BCUT2D eigenvalue weighted by atomic mass is 9.98. The highest BCUT2D eigenvalue weighted by Crippen LogP contribution is 2.37. The number of ether oxygens (including phenoxy) is 1. The van der Waals surface area contributed by atoms with Crippen LogP contribution in [0, 0.1) is 5.92 Å². The molecule has 3 heterocycles. The number of rotatable bonds is 3. The minimum Gasteiger partial charge on any atom is -0.466 e. The number of aryl methyl sites for hydroxylation is 1. The Morgan fingerprint density at radius 3 is 2.81 bits per heavy atom. The van der Waals surface area contributed by atoms with Crippen LogP contribution in [-0.4, -0.2) is 46.3 Å². The summed E-state index contributed by atoms with van der Waals surface area (Å²) >= 11 is 0.976. The molecule has 0 radical (unpaired) electrons. The molecule has 1 aliphatic rings. The molecule has 0 saturated carbocycles. The maximum Gasteiger partial charge on any atom is 0.435 e. The summed E-state index contributed by atoms with van der Waals surface area (Å²) in [5.74, 6) is -1.10. The van der Waals surface area contributed by atoms with Gasteiger partial charge in [0.2, 0.25) is 0 Å². The largest absolute Gasteiger partial charge is 0.466 e. The molecule has 0 aromatic carbocycles. The molecule has 6 nitrogen and oxygen atoms in total. The third-order valence-corrected chi connectivity index (χ3v) is 5.51. The lowest BCUT2D eigenvalue weighted by Gasteiger charge is -2.31. The van der Waals surface area contributed by atoms with Gasteiger partial charge in [-0.2, -0.15) is 18.3 Å². The molecule has 0 aliphatic carbocycles. The van der Waals surface area contributed by atoms with Crippen molar-refractivity contribution < 1.29 is 27.5 Å². The van der Waals surface area contributed by atoms with Gasteiger partial charge in [-0.05, 0) is 25.8 Å². The number of hydrogen-bond donors (Lipinski definition) is 0. The number of esters is 1. The zero-order valence-electron chi connectivity index (χ0n) is 14.3. The molecule has 1 saturated heterocycles. The molecule has 1 aliphatic heterocycles. The second kappa shape index (κ2) is 6.90. The Labute approximate surface area is 151 Å². The van der Waals surface area contributed by atoms with Gasteiger partial charge < -0.3 is 9.64 Å². The average Bonchev–Trinajstić information content (AvgIpc) is 3.15. The predicted octanol–water partition coefficient (Wildman–Crippen LogP) is 3.07. The molecule has 0 spiro atoms. The number of hydrogen-bond acceptors (Lipinski definition) is 5. The SMILES string of the molecule is CCOC(=O)[C@H]1CCCN(C(=O)c2cc3c(C(F)(F)F)nn(C)c3s2)C1. The van der Waals surface area contributed by atoms with Crippen molar-refractivity contribution >= 4 is 33.4 Å². The van der Waals surface area contributed by atoms with Gasteiger partial charge in [0.05, 0.1) is 17.4 Å². The zero-order valence-corrected chi connectivity index (χ0v) is 15.1. The summed E-state index contributed by atoms with van der Waals surface area (Å²) < 4.78 is 45.4. The van der Waals surface area contributed by atoms with Crippen LogP contribution >= 0.6 is 11.3 Å². The topological polar surface area (TPSA) is 64.4 Å². The summed E-state index contributed by atoms with van der Waals surface area (Å²) in [4.78, 5) is 26.7. The van der Waals surface area contributed by atoms with E-state index in [0.717, 1.165) is 16.0 Å². The maximum atomic E-state index is 13.1. The maximum absolute atomic E-state index is 13.1. The first-order valence-electron chi connectivity index (χ1n) is 8.22. The van der Waals surface area contributed by atoms with Crippen LogP contribution < -0.4 is 0 Å². The third kappa shape index (κ3) is 3.42. The number of fused-ring (bicyclic) bond motifs is 1. The molecule has 1 amide bonds. The second-order valence-electron chi connectivity index (χ2n) is 6.14. The van der Waals surface area contributed by atoms with E-state index in [1.54, 1.807) is 6.92 Å². The summed E-state index contributed by atoms with van der Waals surface area (Å²) in [6.07, 6.45) is -3.30. The molecule has 1 fully saturated rings. The van der Waals surface area contributed by atoms with Crippen molar-refractivity contribution in [3.05, 3.63) is 16.6 Å². The number of aromatic nitrogens is 2. The van der Waals surface area contributed by atoms with Gasteiger partial charge in [0.1, 0.15) is 4.83 Å². The van der Waals surface area contributed by atoms with Gasteiger partial charge in [-0.25, -0.2) is 0 Å². The van der Waals surface area contributed by atoms with Crippen molar-refractivity contribution in [3.8, 4) is 0 Å². The molecule has 2 aromatic heterocycles. The van der Waals surface area contributed by atoms with Crippen molar-refractivity contribution in [2.75, 3.05) is 19.7 Å². The Hall–Kier alpha value is -2.10. The molecule has 3 rings (SSSR count). The number of likely N-dealkylation sites (tertiary alicyclic amines) is 1. The number of nitrogens with zero attached hydrogens (tertiary/aromatic N) is 3. The van der Waals surface area contributed by atoms with Crippen LogP contribution in [0.1, 0.15) is 35.1 Å². The number of alkyl halides is 3. The van der Waals surface area contributed by atoms with E-state index in [4.69, 9.17) is 4.74 Å². The average molecular weight is 389 g/mol. The van der Waals surface area contributed by atoms with E-state index in [1.807, 2.05) is 0 Å². The van der Waals surface area contributed by atoms with Gasteiger partial charge in [0.25, 0.3) is 5.91 Å². The molecule has 142 valence electrons. The van der Waals surface area contributed by atoms with Crippen LogP contribution in [0.3, 0.4) is 0 Å². The van der Waals surface area contributed by atoms with Gasteiger partial charge in [0, 0.05) is 25.5 Å². The minimum atomic E-state index is -4.58. The Morgan fingerprint density at radius 1 is 1.42 bits per heavy atom. The first kappa shape index (κ1) is 18.7. The van der Waals surface area contributed by atoms with E-state index < -0.39 is 17.8 Å². The lowest BCUT2D eigenvalue weighted by Crippen LogP contribution is -2.42. The van der Waals surface area contributed by atoms with Crippen LogP contribution in [0.4, 0.5) is 13.2 Å². The normalized spacial score (nSPS) is 18.3. The fourth-order valence-electron chi connectivity index (χ4n) is 3.13. The smallest absolute Gasteiger partial charge is 0.435 e. The monoisotopic (exact) mass is 389 g/mol. The van der Waals surface area contributed by atoms with E-state index in [2.05, 4.69) is 5.10 Å². The van der Waals surface area contributed by atoms with Crippen LogP contribution in [-0.2, 0) is 22.8 Å². The number of halogens is 3. The summed E-state index contributed by atoms with van der Waals surface area (Å²) in [5.41, 5.74) is -0.992. The highest BCUT2D eigenvalue weighted by Gasteiger charge is 2.38. The number of carbonyl (C=O) groups excluding carboxylic acids is 2. The number of amides is 1. The quantitative estimate of drug-likeness (QED) is 0.757. The molecule has 26 heavy (non-hydrogen) atoms. The first-order chi connectivity index (χ1) is 12.2. The number of thiophene rings is 1. The van der Waals surface area contributed by atoms with Crippen molar-refractivity contribution in [2.45, 2.75) is 25.9 Å². The Kier molecular flexibility index (Phi) is 4.96. The summed E-state index contributed by atoms with van der Waals surface area (Å²) in [7, 11) is 1.42. The first-order valence-corrected chi connectivity index (χ1v) is 9.03. The van der Waals surface area contributed by atoms with E-state index in [9.17, 15) is 22.8 Å². The third-order valence-electron chi connectivity index (χ3n) is 4.32. The van der Waals surface area contributed by atoms with Gasteiger partial charge in [-0.15, -0.1) is 11.3 Å². The molecule has 0 bridgehead atoms. The molecular formula is C16H18F3N3O3S. The fraction of sp³-hybridized carbons (Fsp3) is 0.562. The number of piperidine rings is 1. The lowest BCUT2D eigenvalue weighted by molar-refractivity contribution is -0.149. The van der Waals surface area contributed by atoms with Crippen molar-refractivity contribution in [1.29, 1.82) is 0 Å². The molecule has 0 N–H and O–H groups in total. The second-order valence-corrected chi connectivity index (χ2v) is 7.17. The van der Waals surface area contributed by atoms with E-state index in [1.165, 1.54) is 18.0 Å². The standard InChI is InChI=1S/C16H18F3N3O3S/c1-3-25-15(24)9-5-4-6-22(8-9)13(23)11-7-10-12(16(17,18)19)20-21(2)14(10)26-11/h7,9H,3-6,8H2,1-2H3/t9-/m0/s1. The number of carbonyl (C=O) groups is 2. The summed E-state index contributed by atoms with van der Waals surface area (Å²) in [5, 5.41) is 3.43. The predicted molar refractivity (Wildman–Crippen MR) is 88.9 cm³/mol. The van der Waals surface area contributed by atoms with Crippen LogP contribution in [0.25, 0.3) is 10.2 Å². The Balaban J connectivity index is 1.85. The van der Waals surface area contributed by atoms with Gasteiger partial charge >= 0.3 is 12.1 Å². The minimum absolute atomic E-state index is 0.0766. The Morgan fingerprint density at radius 2 is 2.15 bits per heavy atom. The van der Waals surface area contributed by atoms with Crippen molar-refractivity contribution in [3.63, 3.8) is 0 Å². The summed E-state index contributed by atoms with van der Waals surface area (Å²) in [6.45, 7) is 2.67. The van der Waals surface area contributed by atoms with E-state index in [-0.39, 0.29) is 35.3 Å². The summed E-state index contributed by atoms with van der Waals surface area (Å²) in [6, 6.07) is 1.24. The molecular weight excluding hydrogens is 371 g/mol. The zero-order chi connectivity index (χ0) is 19.1. The van der Waals surface area contributed by atoms with E-state index in [0.29, 0.717) is 24.2 Å². The van der Waals surface area contributed by atoms with Crippen LogP contribution in [0.15, 0.2) is 6.07 Å². The molecule has 1 atom stereocenters. The van der Waals surface area contributed by atoms with Gasteiger partial charge in [0.15, 0.2) is 5.69 Å². The van der Waals surface area contributed by atoms with Crippen molar-refractivity contribution in [1.82, 2.24) is 14.7 Å². The van der Waals surface area contributed by atoms with Gasteiger partial charge in [-0.1, -0.05) is 0 Å². The van der Waals surface area contributed by atoms with Crippen molar-refractivity contribution in [2.24, 2.45) is 13.0 Å². The highest BCUT2D eigenvalue weighted by molar-refractivity contribution is 7.20. The van der Waals surface area contributed by atoms with Crippen LogP contribution in [0.2, 0.25) is 0 Å². The fourth-order valence-corrected chi connectivity index (χ4v) is 4.17. The Bertz CT molecular complexity index is 843. The molecule has 2 aromatic rings. The highest BCUT2D eigenvalue weighted by atomic mass is 32.1. The van der Waals surface area contributed by atoms with Gasteiger partial charge in [-0.3, -0.25) is 14.3 Å². The molecule has 0 unspecified atom stereocenters. The van der Waals surface area contributed by atoms with Crippen LogP contribution in [0.5, 0.6) is 0 Å². The van der Waals surface area contributed by atoms with E-state index >= 15 is 0 Å².